The Morgan fingerprint density at radius 1 is 0.760 bits per heavy atom. The van der Waals surface area contributed by atoms with Crippen LogP contribution in [0.25, 0.3) is 0 Å². The van der Waals surface area contributed by atoms with Gasteiger partial charge in [0, 0.05) is 23.2 Å². The molecule has 0 spiro atoms. The van der Waals surface area contributed by atoms with Gasteiger partial charge in [-0.15, -0.1) is 0 Å². The molecule has 0 aliphatic carbocycles. The van der Waals surface area contributed by atoms with Crippen LogP contribution in [-0.2, 0) is 0 Å². The molecule has 25 heavy (non-hydrogen) atoms. The monoisotopic (exact) mass is 354 g/mol. The second-order valence-electron chi connectivity index (χ2n) is 12.2. The molecule has 0 saturated heterocycles. The van der Waals surface area contributed by atoms with Gasteiger partial charge < -0.3 is 5.32 Å². The zero-order valence-corrected chi connectivity index (χ0v) is 19.9. The van der Waals surface area contributed by atoms with E-state index in [0.29, 0.717) is 22.9 Å². The highest BCUT2D eigenvalue weighted by atomic mass is 15.2. The van der Waals surface area contributed by atoms with Gasteiger partial charge in [0.25, 0.3) is 0 Å². The first-order chi connectivity index (χ1) is 10.8. The van der Waals surface area contributed by atoms with Gasteiger partial charge in [-0.05, 0) is 92.0 Å². The van der Waals surface area contributed by atoms with Gasteiger partial charge in [0.05, 0.1) is 0 Å². The van der Waals surface area contributed by atoms with Gasteiger partial charge in [-0.25, -0.2) is 0 Å². The minimum atomic E-state index is 0.196. The van der Waals surface area contributed by atoms with Gasteiger partial charge in [-0.1, -0.05) is 34.6 Å². The van der Waals surface area contributed by atoms with Crippen LogP contribution in [0, 0.1) is 10.8 Å². The fourth-order valence-electron chi connectivity index (χ4n) is 4.06. The first kappa shape index (κ1) is 24.9. The molecule has 0 rings (SSSR count). The molecule has 0 aliphatic rings. The number of rotatable bonds is 9. The summed E-state index contributed by atoms with van der Waals surface area (Å²) in [4.78, 5) is 2.52. The quantitative estimate of drug-likeness (QED) is 0.508. The lowest BCUT2D eigenvalue weighted by atomic mass is 9.77. The van der Waals surface area contributed by atoms with E-state index in [4.69, 9.17) is 0 Å². The summed E-state index contributed by atoms with van der Waals surface area (Å²) in [5.41, 5.74) is 1.18. The molecular formula is C23H50N2. The molecular weight excluding hydrogens is 304 g/mol. The second kappa shape index (κ2) is 8.74. The molecule has 0 aliphatic heterocycles. The van der Waals surface area contributed by atoms with Crippen molar-refractivity contribution in [2.24, 2.45) is 10.8 Å². The highest BCUT2D eigenvalue weighted by molar-refractivity contribution is 4.87. The minimum absolute atomic E-state index is 0.196. The molecule has 0 aromatic carbocycles. The average Bonchev–Trinajstić information content (AvgIpc) is 2.31. The lowest BCUT2D eigenvalue weighted by Gasteiger charge is -2.41. The van der Waals surface area contributed by atoms with Gasteiger partial charge in [0.15, 0.2) is 0 Å². The summed E-state index contributed by atoms with van der Waals surface area (Å²) in [6.07, 6.45) is 4.94. The molecule has 0 radical (unpaired) electrons. The molecule has 0 bridgehead atoms. The SMILES string of the molecule is CC(CC(C)(C)C)NC(C)(C)CCC(C)(C)CC(C)N(C)C(C)(C)C. The molecule has 0 aromatic heterocycles. The Morgan fingerprint density at radius 2 is 1.24 bits per heavy atom. The average molecular weight is 355 g/mol. The third-order valence-electron chi connectivity index (χ3n) is 5.55. The van der Waals surface area contributed by atoms with Crippen molar-refractivity contribution in [1.29, 1.82) is 0 Å². The highest BCUT2D eigenvalue weighted by Gasteiger charge is 2.30. The van der Waals surface area contributed by atoms with Crippen LogP contribution in [0.4, 0.5) is 0 Å². The predicted molar refractivity (Wildman–Crippen MR) is 115 cm³/mol. The van der Waals surface area contributed by atoms with Crippen molar-refractivity contribution in [3.05, 3.63) is 0 Å². The van der Waals surface area contributed by atoms with E-state index in [1.54, 1.807) is 0 Å². The first-order valence-electron chi connectivity index (χ1n) is 10.4. The van der Waals surface area contributed by atoms with Crippen molar-refractivity contribution >= 4 is 0 Å². The Labute approximate surface area is 160 Å². The molecule has 2 heteroatoms. The minimum Gasteiger partial charge on any atom is -0.309 e. The van der Waals surface area contributed by atoms with Crippen molar-refractivity contribution < 1.29 is 0 Å². The van der Waals surface area contributed by atoms with Crippen molar-refractivity contribution in [2.45, 2.75) is 132 Å². The summed E-state index contributed by atoms with van der Waals surface area (Å²) in [6.45, 7) is 28.2. The summed E-state index contributed by atoms with van der Waals surface area (Å²) in [6, 6.07) is 1.16. The van der Waals surface area contributed by atoms with E-state index in [2.05, 4.69) is 100 Å². The zero-order chi connectivity index (χ0) is 20.3. The Balaban J connectivity index is 4.60. The number of hydrogen-bond acceptors (Lipinski definition) is 2. The summed E-state index contributed by atoms with van der Waals surface area (Å²) in [5.74, 6) is 0. The van der Waals surface area contributed by atoms with Gasteiger partial charge in [-0.3, -0.25) is 4.90 Å². The molecule has 0 saturated carbocycles. The predicted octanol–water partition coefficient (Wildman–Crippen LogP) is 6.49. The van der Waals surface area contributed by atoms with Crippen LogP contribution in [0.15, 0.2) is 0 Å². The third-order valence-corrected chi connectivity index (χ3v) is 5.55. The molecule has 0 heterocycles. The standard InChI is InChI=1S/C23H50N2/c1-18(16-20(3,4)5)24-23(11,12)15-14-22(9,10)17-19(2)25(13)21(6,7)8/h18-19,24H,14-17H2,1-13H3. The Morgan fingerprint density at radius 3 is 1.64 bits per heavy atom. The van der Waals surface area contributed by atoms with E-state index in [0.717, 1.165) is 0 Å². The fourth-order valence-corrected chi connectivity index (χ4v) is 4.06. The lowest BCUT2D eigenvalue weighted by molar-refractivity contribution is 0.0872. The number of nitrogens with one attached hydrogen (secondary N) is 1. The van der Waals surface area contributed by atoms with Crippen molar-refractivity contribution in [2.75, 3.05) is 7.05 Å². The van der Waals surface area contributed by atoms with Crippen LogP contribution < -0.4 is 5.32 Å². The molecule has 2 atom stereocenters. The maximum atomic E-state index is 3.88. The maximum absolute atomic E-state index is 3.88. The molecule has 0 amide bonds. The van der Waals surface area contributed by atoms with Crippen molar-refractivity contribution in [3.8, 4) is 0 Å². The summed E-state index contributed by atoms with van der Waals surface area (Å²) >= 11 is 0. The van der Waals surface area contributed by atoms with E-state index in [-0.39, 0.29) is 11.1 Å². The molecule has 1 N–H and O–H groups in total. The fraction of sp³-hybridized carbons (Fsp3) is 1.00. The van der Waals surface area contributed by atoms with Crippen molar-refractivity contribution in [3.63, 3.8) is 0 Å². The maximum Gasteiger partial charge on any atom is 0.0127 e. The molecule has 0 aromatic rings. The van der Waals surface area contributed by atoms with Crippen LogP contribution in [0.1, 0.15) is 109 Å². The van der Waals surface area contributed by atoms with E-state index < -0.39 is 0 Å². The van der Waals surface area contributed by atoms with Gasteiger partial charge in [0.2, 0.25) is 0 Å². The van der Waals surface area contributed by atoms with E-state index in [1.807, 2.05) is 0 Å². The van der Waals surface area contributed by atoms with Crippen LogP contribution in [0.3, 0.4) is 0 Å². The highest BCUT2D eigenvalue weighted by Crippen LogP contribution is 2.34. The third kappa shape index (κ3) is 11.3. The van der Waals surface area contributed by atoms with Gasteiger partial charge in [-0.2, -0.15) is 0 Å². The molecule has 152 valence electrons. The smallest absolute Gasteiger partial charge is 0.0127 e. The first-order valence-corrected chi connectivity index (χ1v) is 10.4. The van der Waals surface area contributed by atoms with Gasteiger partial charge in [0.1, 0.15) is 0 Å². The van der Waals surface area contributed by atoms with E-state index in [9.17, 15) is 0 Å². The van der Waals surface area contributed by atoms with Crippen LogP contribution in [0.5, 0.6) is 0 Å². The Kier molecular flexibility index (Phi) is 8.71. The Bertz CT molecular complexity index is 382. The molecule has 2 nitrogen and oxygen atoms in total. The van der Waals surface area contributed by atoms with E-state index >= 15 is 0 Å². The van der Waals surface area contributed by atoms with Crippen LogP contribution in [-0.4, -0.2) is 35.1 Å². The Hall–Kier alpha value is -0.0800. The lowest BCUT2D eigenvalue weighted by Crippen LogP contribution is -2.47. The summed E-state index contributed by atoms with van der Waals surface area (Å²) in [5, 5.41) is 3.88. The van der Waals surface area contributed by atoms with Crippen LogP contribution >= 0.6 is 0 Å². The molecule has 2 unspecified atom stereocenters. The normalized spacial score (nSPS) is 17.0. The summed E-state index contributed by atoms with van der Waals surface area (Å²) < 4.78 is 0. The largest absolute Gasteiger partial charge is 0.309 e. The number of hydrogen-bond donors (Lipinski definition) is 1. The number of nitrogens with zero attached hydrogens (tertiary/aromatic N) is 1. The zero-order valence-electron chi connectivity index (χ0n) is 19.9. The van der Waals surface area contributed by atoms with Crippen LogP contribution in [0.2, 0.25) is 0 Å². The summed E-state index contributed by atoms with van der Waals surface area (Å²) in [7, 11) is 2.26. The van der Waals surface area contributed by atoms with E-state index in [1.165, 1.54) is 25.7 Å². The van der Waals surface area contributed by atoms with Crippen molar-refractivity contribution in [1.82, 2.24) is 10.2 Å². The van der Waals surface area contributed by atoms with Gasteiger partial charge >= 0.3 is 0 Å². The second-order valence-corrected chi connectivity index (χ2v) is 12.2. The molecule has 0 fully saturated rings. The topological polar surface area (TPSA) is 15.3 Å².